The molecule has 3 aromatic rings. The number of para-hydroxylation sites is 1. The summed E-state index contributed by atoms with van der Waals surface area (Å²) >= 11 is 1.36. The van der Waals surface area contributed by atoms with Crippen molar-refractivity contribution in [1.82, 2.24) is 10.4 Å². The van der Waals surface area contributed by atoms with E-state index in [4.69, 9.17) is 0 Å². The highest BCUT2D eigenvalue weighted by molar-refractivity contribution is 7.22. The van der Waals surface area contributed by atoms with Crippen LogP contribution in [0, 0.1) is 0 Å². The lowest BCUT2D eigenvalue weighted by Gasteiger charge is -2.17. The molecule has 28 heavy (non-hydrogen) atoms. The van der Waals surface area contributed by atoms with E-state index in [9.17, 15) is 22.8 Å². The van der Waals surface area contributed by atoms with Crippen molar-refractivity contribution in [2.45, 2.75) is 18.6 Å². The maximum absolute atomic E-state index is 12.9. The van der Waals surface area contributed by atoms with Gasteiger partial charge in [-0.25, -0.2) is 15.3 Å². The van der Waals surface area contributed by atoms with Crippen LogP contribution < -0.4 is 15.8 Å². The number of nitrogens with zero attached hydrogens (tertiary/aromatic N) is 2. The number of alkyl halides is 3. The third-order valence-corrected chi connectivity index (χ3v) is 5.18. The second-order valence-corrected chi connectivity index (χ2v) is 7.16. The number of imide groups is 1. The van der Waals surface area contributed by atoms with E-state index >= 15 is 0 Å². The molecule has 2 N–H and O–H groups in total. The van der Waals surface area contributed by atoms with Crippen molar-refractivity contribution in [3.63, 3.8) is 0 Å². The van der Waals surface area contributed by atoms with Crippen molar-refractivity contribution < 1.29 is 22.8 Å². The molecule has 1 saturated heterocycles. The van der Waals surface area contributed by atoms with Crippen molar-refractivity contribution in [3.05, 3.63) is 54.1 Å². The topological polar surface area (TPSA) is 74.3 Å². The molecule has 2 aromatic carbocycles. The van der Waals surface area contributed by atoms with Crippen molar-refractivity contribution in [1.29, 1.82) is 0 Å². The first-order valence-electron chi connectivity index (χ1n) is 8.24. The van der Waals surface area contributed by atoms with E-state index in [1.54, 1.807) is 0 Å². The van der Waals surface area contributed by atoms with Gasteiger partial charge in [0.2, 0.25) is 5.91 Å². The lowest BCUT2D eigenvalue weighted by molar-refractivity contribution is -0.137. The van der Waals surface area contributed by atoms with Crippen molar-refractivity contribution >= 4 is 44.2 Å². The Labute approximate surface area is 160 Å². The molecule has 0 aliphatic carbocycles. The van der Waals surface area contributed by atoms with Gasteiger partial charge in [0, 0.05) is 0 Å². The summed E-state index contributed by atoms with van der Waals surface area (Å²) in [5, 5.41) is 0.513. The number of benzene rings is 2. The molecule has 2 amide bonds. The Bertz CT molecular complexity index is 1030. The number of rotatable bonds is 4. The van der Waals surface area contributed by atoms with Gasteiger partial charge in [-0.2, -0.15) is 13.2 Å². The zero-order chi connectivity index (χ0) is 19.9. The molecule has 1 unspecified atom stereocenters. The van der Waals surface area contributed by atoms with Crippen molar-refractivity contribution in [2.24, 2.45) is 0 Å². The van der Waals surface area contributed by atoms with Gasteiger partial charge in [-0.1, -0.05) is 29.5 Å². The van der Waals surface area contributed by atoms with Gasteiger partial charge >= 0.3 is 6.18 Å². The highest BCUT2D eigenvalue weighted by Crippen LogP contribution is 2.33. The Balaban J connectivity index is 1.49. The predicted octanol–water partition coefficient (Wildman–Crippen LogP) is 3.56. The minimum absolute atomic E-state index is 0.103. The second kappa shape index (κ2) is 6.88. The first-order valence-corrected chi connectivity index (χ1v) is 9.06. The monoisotopic (exact) mass is 406 g/mol. The Hall–Kier alpha value is -2.98. The molecule has 6 nitrogen and oxygen atoms in total. The summed E-state index contributed by atoms with van der Waals surface area (Å²) in [5.74, 6) is -1.20. The summed E-state index contributed by atoms with van der Waals surface area (Å²) in [4.78, 5) is 29.9. The number of carbonyl (C=O) groups is 2. The van der Waals surface area contributed by atoms with Crippen LogP contribution in [0.1, 0.15) is 12.0 Å². The number of hydrazine groups is 1. The molecule has 10 heteroatoms. The van der Waals surface area contributed by atoms with E-state index in [0.717, 1.165) is 27.2 Å². The van der Waals surface area contributed by atoms with Crippen LogP contribution in [0.3, 0.4) is 0 Å². The van der Waals surface area contributed by atoms with Crippen LogP contribution in [-0.2, 0) is 15.8 Å². The first kappa shape index (κ1) is 18.4. The molecule has 1 aliphatic rings. The van der Waals surface area contributed by atoms with E-state index in [0.29, 0.717) is 5.13 Å². The van der Waals surface area contributed by atoms with Crippen LogP contribution in [0.2, 0.25) is 0 Å². The molecule has 1 aliphatic heterocycles. The number of aromatic nitrogens is 1. The van der Waals surface area contributed by atoms with E-state index in [1.165, 1.54) is 23.5 Å². The molecule has 144 valence electrons. The summed E-state index contributed by atoms with van der Waals surface area (Å²) < 4.78 is 39.7. The van der Waals surface area contributed by atoms with E-state index in [2.05, 4.69) is 15.8 Å². The van der Waals surface area contributed by atoms with Gasteiger partial charge in [-0.05, 0) is 30.3 Å². The van der Waals surface area contributed by atoms with Gasteiger partial charge in [0.15, 0.2) is 5.13 Å². The fourth-order valence-corrected chi connectivity index (χ4v) is 3.74. The Morgan fingerprint density at radius 1 is 1.11 bits per heavy atom. The SMILES string of the molecule is O=C1CC(NNc2nc3ccccc3s2)C(=O)N1c1cccc(C(F)(F)F)c1. The van der Waals surface area contributed by atoms with Gasteiger partial charge in [0.05, 0.1) is 27.9 Å². The average molecular weight is 406 g/mol. The lowest BCUT2D eigenvalue weighted by Crippen LogP contribution is -2.41. The van der Waals surface area contributed by atoms with Gasteiger partial charge in [0.1, 0.15) is 6.04 Å². The zero-order valence-corrected chi connectivity index (χ0v) is 15.0. The van der Waals surface area contributed by atoms with Crippen molar-refractivity contribution in [3.8, 4) is 0 Å². The Kier molecular flexibility index (Phi) is 4.52. The Morgan fingerprint density at radius 3 is 2.64 bits per heavy atom. The zero-order valence-electron chi connectivity index (χ0n) is 14.2. The molecular weight excluding hydrogens is 393 g/mol. The summed E-state index contributed by atoms with van der Waals surface area (Å²) in [6.07, 6.45) is -4.74. The van der Waals surface area contributed by atoms with Gasteiger partial charge < -0.3 is 0 Å². The smallest absolute Gasteiger partial charge is 0.296 e. The van der Waals surface area contributed by atoms with Crippen LogP contribution in [0.15, 0.2) is 48.5 Å². The number of nitrogens with one attached hydrogen (secondary N) is 2. The number of fused-ring (bicyclic) bond motifs is 1. The molecule has 1 fully saturated rings. The van der Waals surface area contributed by atoms with E-state index < -0.39 is 29.6 Å². The Morgan fingerprint density at radius 2 is 1.89 bits per heavy atom. The van der Waals surface area contributed by atoms with Gasteiger partial charge in [-0.15, -0.1) is 0 Å². The highest BCUT2D eigenvalue weighted by Gasteiger charge is 2.40. The minimum atomic E-state index is -4.56. The maximum atomic E-state index is 12.9. The number of hydrogen-bond donors (Lipinski definition) is 2. The van der Waals surface area contributed by atoms with Crippen LogP contribution in [-0.4, -0.2) is 22.8 Å². The lowest BCUT2D eigenvalue weighted by atomic mass is 10.2. The first-order chi connectivity index (χ1) is 13.3. The summed E-state index contributed by atoms with van der Waals surface area (Å²) in [6.45, 7) is 0. The molecule has 4 rings (SSSR count). The molecule has 0 spiro atoms. The average Bonchev–Trinajstić information content (AvgIpc) is 3.19. The van der Waals surface area contributed by atoms with Crippen LogP contribution in [0.5, 0.6) is 0 Å². The molecule has 0 radical (unpaired) electrons. The number of amides is 2. The maximum Gasteiger partial charge on any atom is 0.416 e. The van der Waals surface area contributed by atoms with Crippen LogP contribution >= 0.6 is 11.3 Å². The standard InChI is InChI=1S/C18H13F3N4O2S/c19-18(20,21)10-4-3-5-11(8-10)25-15(26)9-13(16(25)27)23-24-17-22-12-6-1-2-7-14(12)28-17/h1-8,13,23H,9H2,(H,22,24). The number of anilines is 2. The van der Waals surface area contributed by atoms with Crippen LogP contribution in [0.25, 0.3) is 10.2 Å². The largest absolute Gasteiger partial charge is 0.416 e. The third-order valence-electron chi connectivity index (χ3n) is 4.23. The fraction of sp³-hybridized carbons (Fsp3) is 0.167. The number of hydrogen-bond acceptors (Lipinski definition) is 6. The fourth-order valence-electron chi connectivity index (χ4n) is 2.91. The highest BCUT2D eigenvalue weighted by atomic mass is 32.1. The summed E-state index contributed by atoms with van der Waals surface area (Å²) in [7, 11) is 0. The molecule has 1 atom stereocenters. The van der Waals surface area contributed by atoms with Crippen LogP contribution in [0.4, 0.5) is 24.0 Å². The van der Waals surface area contributed by atoms with E-state index in [-0.39, 0.29) is 12.1 Å². The minimum Gasteiger partial charge on any atom is -0.296 e. The number of carbonyl (C=O) groups excluding carboxylic acids is 2. The number of halogens is 3. The van der Waals surface area contributed by atoms with Gasteiger partial charge in [-0.3, -0.25) is 15.0 Å². The number of thiazole rings is 1. The molecule has 1 aromatic heterocycles. The second-order valence-electron chi connectivity index (χ2n) is 6.13. The summed E-state index contributed by atoms with van der Waals surface area (Å²) in [5.41, 5.74) is 5.32. The quantitative estimate of drug-likeness (QED) is 0.512. The van der Waals surface area contributed by atoms with E-state index in [1.807, 2.05) is 24.3 Å². The van der Waals surface area contributed by atoms with Gasteiger partial charge in [0.25, 0.3) is 5.91 Å². The molecular formula is C18H13F3N4O2S. The third kappa shape index (κ3) is 3.43. The molecule has 0 saturated carbocycles. The van der Waals surface area contributed by atoms with Crippen molar-refractivity contribution in [2.75, 3.05) is 10.3 Å². The summed E-state index contributed by atoms with van der Waals surface area (Å²) in [6, 6.07) is 10.7. The normalized spacial score (nSPS) is 17.5. The molecule has 2 heterocycles. The molecule has 0 bridgehead atoms. The predicted molar refractivity (Wildman–Crippen MR) is 98.7 cm³/mol.